The van der Waals surface area contributed by atoms with Crippen LogP contribution in [-0.2, 0) is 0 Å². The molecular weight excluding hydrogens is 200 g/mol. The molecule has 1 aromatic heterocycles. The van der Waals surface area contributed by atoms with Crippen LogP contribution in [0.1, 0.15) is 17.3 Å². The normalized spacial score (nSPS) is 10.1. The highest BCUT2D eigenvalue weighted by atomic mass is 16.1. The zero-order valence-corrected chi connectivity index (χ0v) is 8.97. The summed E-state index contributed by atoms with van der Waals surface area (Å²) in [6, 6.07) is 11.0. The fourth-order valence-corrected chi connectivity index (χ4v) is 1.58. The number of nitrogens with two attached hydrogens (primary N) is 1. The number of aromatic nitrogens is 1. The number of nitrogens with zero attached hydrogens (tertiary/aromatic N) is 1. The first kappa shape index (κ1) is 10.4. The molecule has 2 aromatic rings. The van der Waals surface area contributed by atoms with Crippen LogP contribution in [0.3, 0.4) is 0 Å². The van der Waals surface area contributed by atoms with Crippen molar-refractivity contribution in [2.24, 2.45) is 0 Å². The molecule has 0 aliphatic rings. The smallest absolute Gasteiger partial charge is 0.160 e. The Kier molecular flexibility index (Phi) is 2.68. The van der Waals surface area contributed by atoms with Gasteiger partial charge in [-0.15, -0.1) is 0 Å². The van der Waals surface area contributed by atoms with Gasteiger partial charge in [0.15, 0.2) is 5.78 Å². The van der Waals surface area contributed by atoms with E-state index in [9.17, 15) is 4.79 Å². The molecule has 16 heavy (non-hydrogen) atoms. The van der Waals surface area contributed by atoms with Crippen molar-refractivity contribution in [1.82, 2.24) is 4.98 Å². The zero-order valence-electron chi connectivity index (χ0n) is 8.97. The molecule has 1 heterocycles. The van der Waals surface area contributed by atoms with Crippen LogP contribution >= 0.6 is 0 Å². The first-order valence-corrected chi connectivity index (χ1v) is 5.00. The summed E-state index contributed by atoms with van der Waals surface area (Å²) in [7, 11) is 0. The van der Waals surface area contributed by atoms with Crippen molar-refractivity contribution < 1.29 is 4.79 Å². The highest BCUT2D eigenvalue weighted by molar-refractivity contribution is 6.00. The van der Waals surface area contributed by atoms with E-state index in [2.05, 4.69) is 4.98 Å². The number of hydrogen-bond acceptors (Lipinski definition) is 3. The molecule has 3 heteroatoms. The second-order valence-corrected chi connectivity index (χ2v) is 3.58. The molecule has 80 valence electrons. The Morgan fingerprint density at radius 2 is 1.94 bits per heavy atom. The number of benzene rings is 1. The molecule has 2 rings (SSSR count). The van der Waals surface area contributed by atoms with Crippen LogP contribution in [-0.4, -0.2) is 10.8 Å². The summed E-state index contributed by atoms with van der Waals surface area (Å²) in [5.41, 5.74) is 8.47. The van der Waals surface area contributed by atoms with Crippen molar-refractivity contribution in [2.75, 3.05) is 5.73 Å². The van der Waals surface area contributed by atoms with Gasteiger partial charge in [-0.25, -0.2) is 0 Å². The van der Waals surface area contributed by atoms with Crippen LogP contribution in [0.2, 0.25) is 0 Å². The number of rotatable bonds is 2. The molecule has 0 bridgehead atoms. The molecule has 0 atom stereocenters. The average molecular weight is 212 g/mol. The number of nitrogen functional groups attached to an aromatic ring is 1. The van der Waals surface area contributed by atoms with Gasteiger partial charge < -0.3 is 5.73 Å². The molecule has 0 aliphatic carbocycles. The summed E-state index contributed by atoms with van der Waals surface area (Å²) in [5, 5.41) is 0. The third kappa shape index (κ3) is 1.93. The van der Waals surface area contributed by atoms with Gasteiger partial charge in [-0.05, 0) is 19.1 Å². The maximum absolute atomic E-state index is 11.5. The van der Waals surface area contributed by atoms with E-state index in [1.807, 2.05) is 24.3 Å². The number of anilines is 1. The van der Waals surface area contributed by atoms with E-state index < -0.39 is 0 Å². The van der Waals surface area contributed by atoms with E-state index in [1.54, 1.807) is 25.3 Å². The molecule has 0 saturated heterocycles. The number of carbonyl (C=O) groups is 1. The Bertz CT molecular complexity index is 518. The molecule has 1 aromatic carbocycles. The second kappa shape index (κ2) is 4.14. The van der Waals surface area contributed by atoms with Gasteiger partial charge in [-0.2, -0.15) is 0 Å². The van der Waals surface area contributed by atoms with Crippen LogP contribution in [0.15, 0.2) is 42.6 Å². The third-order valence-electron chi connectivity index (χ3n) is 2.37. The van der Waals surface area contributed by atoms with E-state index in [0.717, 1.165) is 11.3 Å². The second-order valence-electron chi connectivity index (χ2n) is 3.58. The highest BCUT2D eigenvalue weighted by Crippen LogP contribution is 2.22. The van der Waals surface area contributed by atoms with Gasteiger partial charge in [0.05, 0.1) is 17.6 Å². The van der Waals surface area contributed by atoms with E-state index in [4.69, 9.17) is 5.73 Å². The van der Waals surface area contributed by atoms with Crippen LogP contribution in [0.25, 0.3) is 11.3 Å². The van der Waals surface area contributed by atoms with Crippen LogP contribution in [0.5, 0.6) is 0 Å². The molecule has 0 unspecified atom stereocenters. The minimum atomic E-state index is 0.0363. The molecule has 0 radical (unpaired) electrons. The SMILES string of the molecule is CC(=O)c1ccccc1-c1ccc(N)cn1. The lowest BCUT2D eigenvalue weighted by molar-refractivity contribution is 0.101. The molecule has 2 N–H and O–H groups in total. The number of ketones is 1. The summed E-state index contributed by atoms with van der Waals surface area (Å²) in [6.45, 7) is 1.55. The first-order chi connectivity index (χ1) is 7.68. The summed E-state index contributed by atoms with van der Waals surface area (Å²) >= 11 is 0. The van der Waals surface area contributed by atoms with Crippen LogP contribution in [0, 0.1) is 0 Å². The predicted octanol–water partition coefficient (Wildman–Crippen LogP) is 2.53. The Hall–Kier alpha value is -2.16. The lowest BCUT2D eigenvalue weighted by Gasteiger charge is -2.05. The van der Waals surface area contributed by atoms with Gasteiger partial charge in [0.1, 0.15) is 0 Å². The fourth-order valence-electron chi connectivity index (χ4n) is 1.58. The van der Waals surface area contributed by atoms with E-state index in [0.29, 0.717) is 11.3 Å². The van der Waals surface area contributed by atoms with Gasteiger partial charge in [0.2, 0.25) is 0 Å². The Morgan fingerprint density at radius 3 is 2.56 bits per heavy atom. The summed E-state index contributed by atoms with van der Waals surface area (Å²) < 4.78 is 0. The summed E-state index contributed by atoms with van der Waals surface area (Å²) in [6.07, 6.45) is 1.59. The van der Waals surface area contributed by atoms with Crippen molar-refractivity contribution in [3.63, 3.8) is 0 Å². The topological polar surface area (TPSA) is 56.0 Å². The minimum absolute atomic E-state index is 0.0363. The van der Waals surface area contributed by atoms with E-state index in [1.165, 1.54) is 0 Å². The highest BCUT2D eigenvalue weighted by Gasteiger charge is 2.08. The van der Waals surface area contributed by atoms with Gasteiger partial charge in [0, 0.05) is 11.1 Å². The largest absolute Gasteiger partial charge is 0.397 e. The Balaban J connectivity index is 2.55. The maximum Gasteiger partial charge on any atom is 0.160 e. The minimum Gasteiger partial charge on any atom is -0.397 e. The van der Waals surface area contributed by atoms with Crippen molar-refractivity contribution in [2.45, 2.75) is 6.92 Å². The standard InChI is InChI=1S/C13H12N2O/c1-9(16)11-4-2-3-5-12(11)13-7-6-10(14)8-15-13/h2-8H,14H2,1H3. The predicted molar refractivity (Wildman–Crippen MR) is 64.1 cm³/mol. The molecule has 0 aliphatic heterocycles. The fraction of sp³-hybridized carbons (Fsp3) is 0.0769. The first-order valence-electron chi connectivity index (χ1n) is 5.00. The number of pyridine rings is 1. The third-order valence-corrected chi connectivity index (χ3v) is 2.37. The molecule has 0 fully saturated rings. The van der Waals surface area contributed by atoms with Crippen molar-refractivity contribution in [3.05, 3.63) is 48.2 Å². The monoisotopic (exact) mass is 212 g/mol. The zero-order chi connectivity index (χ0) is 11.5. The summed E-state index contributed by atoms with van der Waals surface area (Å²) in [5.74, 6) is 0.0363. The van der Waals surface area contributed by atoms with E-state index >= 15 is 0 Å². The van der Waals surface area contributed by atoms with Crippen molar-refractivity contribution in [3.8, 4) is 11.3 Å². The summed E-state index contributed by atoms with van der Waals surface area (Å²) in [4.78, 5) is 15.7. The number of hydrogen-bond donors (Lipinski definition) is 1. The molecule has 0 saturated carbocycles. The molecule has 3 nitrogen and oxygen atoms in total. The maximum atomic E-state index is 11.5. The molecular formula is C13H12N2O. The molecule has 0 amide bonds. The lowest BCUT2D eigenvalue weighted by Crippen LogP contribution is -1.97. The average Bonchev–Trinajstić information content (AvgIpc) is 2.30. The van der Waals surface area contributed by atoms with Gasteiger partial charge >= 0.3 is 0 Å². The van der Waals surface area contributed by atoms with Crippen molar-refractivity contribution in [1.29, 1.82) is 0 Å². The number of Topliss-reactive ketones (excluding diaryl/α,β-unsaturated/α-hetero) is 1. The van der Waals surface area contributed by atoms with Crippen LogP contribution < -0.4 is 5.73 Å². The van der Waals surface area contributed by atoms with Gasteiger partial charge in [-0.3, -0.25) is 9.78 Å². The lowest BCUT2D eigenvalue weighted by atomic mass is 10.0. The van der Waals surface area contributed by atoms with Gasteiger partial charge in [0.25, 0.3) is 0 Å². The quantitative estimate of drug-likeness (QED) is 0.778. The Labute approximate surface area is 93.9 Å². The Morgan fingerprint density at radius 1 is 1.19 bits per heavy atom. The molecule has 0 spiro atoms. The van der Waals surface area contributed by atoms with Crippen LogP contribution in [0.4, 0.5) is 5.69 Å². The van der Waals surface area contributed by atoms with E-state index in [-0.39, 0.29) is 5.78 Å². The number of carbonyl (C=O) groups excluding carboxylic acids is 1. The van der Waals surface area contributed by atoms with Gasteiger partial charge in [-0.1, -0.05) is 24.3 Å². The van der Waals surface area contributed by atoms with Crippen molar-refractivity contribution >= 4 is 11.5 Å².